The number of nitrogens with zero attached hydrogens (tertiary/aromatic N) is 2. The molecule has 13 rings (SSSR count). The fraction of sp³-hybridized carbons (Fsp3) is 0.0938. The predicted molar refractivity (Wildman–Crippen MR) is 282 cm³/mol. The predicted octanol–water partition coefficient (Wildman–Crippen LogP) is 18.4. The highest BCUT2D eigenvalue weighted by atomic mass is 16.3. The number of rotatable bonds is 8. The molecule has 3 nitrogen and oxygen atoms in total. The molecule has 0 unspecified atom stereocenters. The second-order valence-corrected chi connectivity index (χ2v) is 18.2. The van der Waals surface area contributed by atoms with Gasteiger partial charge in [-0.2, -0.15) is 0 Å². The van der Waals surface area contributed by atoms with E-state index in [1.54, 1.807) is 0 Å². The van der Waals surface area contributed by atoms with E-state index >= 15 is 0 Å². The average molecular weight is 861 g/mol. The summed E-state index contributed by atoms with van der Waals surface area (Å²) in [6, 6.07) is 82.5. The Labute approximate surface area is 390 Å². The van der Waals surface area contributed by atoms with Gasteiger partial charge in [0, 0.05) is 44.0 Å². The van der Waals surface area contributed by atoms with Gasteiger partial charge in [0.1, 0.15) is 11.2 Å². The van der Waals surface area contributed by atoms with Crippen LogP contribution in [-0.2, 0) is 0 Å². The molecule has 2 aromatic heterocycles. The minimum Gasteiger partial charge on any atom is -0.456 e. The van der Waals surface area contributed by atoms with Crippen molar-refractivity contribution in [2.75, 3.05) is 4.90 Å². The van der Waals surface area contributed by atoms with Crippen LogP contribution in [0.15, 0.2) is 229 Å². The Hall–Kier alpha value is -8.14. The maximum absolute atomic E-state index is 6.22. The SMILES string of the molecule is c1ccc(-n2c3ccccc3c3ccc(-c4ccccc4N(c4ccc(-c5ccc6oc7ccccc7c6c5)cc4)c4ccccc4-c4cccc5cccc(C6CCCCC6)c45)cc32)cc1. The molecule has 2 heterocycles. The summed E-state index contributed by atoms with van der Waals surface area (Å²) >= 11 is 0. The lowest BCUT2D eigenvalue weighted by Gasteiger charge is -2.31. The molecule has 0 aliphatic heterocycles. The molecule has 10 aromatic carbocycles. The Bertz CT molecular complexity index is 3790. The van der Waals surface area contributed by atoms with Gasteiger partial charge < -0.3 is 13.9 Å². The lowest BCUT2D eigenvalue weighted by atomic mass is 9.80. The minimum atomic E-state index is 0.566. The summed E-state index contributed by atoms with van der Waals surface area (Å²) in [5.41, 5.74) is 17.3. The van der Waals surface area contributed by atoms with Crippen molar-refractivity contribution in [3.05, 3.63) is 230 Å². The van der Waals surface area contributed by atoms with Crippen molar-refractivity contribution >= 4 is 71.6 Å². The number of hydrogen-bond acceptors (Lipinski definition) is 2. The van der Waals surface area contributed by atoms with Crippen LogP contribution >= 0.6 is 0 Å². The van der Waals surface area contributed by atoms with Gasteiger partial charge in [-0.3, -0.25) is 0 Å². The van der Waals surface area contributed by atoms with Crippen molar-refractivity contribution in [2.24, 2.45) is 0 Å². The van der Waals surface area contributed by atoms with Crippen LogP contribution in [0.25, 0.3) is 93.6 Å². The summed E-state index contributed by atoms with van der Waals surface area (Å²) in [5, 5.41) is 7.44. The van der Waals surface area contributed by atoms with Gasteiger partial charge in [0.15, 0.2) is 0 Å². The molecular weight excluding hydrogens is 813 g/mol. The Morgan fingerprint density at radius 2 is 1.03 bits per heavy atom. The van der Waals surface area contributed by atoms with E-state index in [0.29, 0.717) is 5.92 Å². The third-order valence-electron chi connectivity index (χ3n) is 14.4. The number of hydrogen-bond donors (Lipinski definition) is 0. The normalized spacial score (nSPS) is 13.3. The van der Waals surface area contributed by atoms with Gasteiger partial charge in [0.05, 0.1) is 22.4 Å². The van der Waals surface area contributed by atoms with Crippen molar-refractivity contribution in [1.82, 2.24) is 4.57 Å². The van der Waals surface area contributed by atoms with Crippen molar-refractivity contribution < 1.29 is 4.42 Å². The van der Waals surface area contributed by atoms with Gasteiger partial charge in [-0.15, -0.1) is 0 Å². The van der Waals surface area contributed by atoms with E-state index in [9.17, 15) is 0 Å². The molecule has 0 spiro atoms. The Morgan fingerprint density at radius 1 is 0.403 bits per heavy atom. The topological polar surface area (TPSA) is 21.3 Å². The molecular formula is C64H48N2O. The van der Waals surface area contributed by atoms with Gasteiger partial charge >= 0.3 is 0 Å². The Morgan fingerprint density at radius 3 is 1.87 bits per heavy atom. The minimum absolute atomic E-state index is 0.566. The number of para-hydroxylation sites is 5. The molecule has 0 radical (unpaired) electrons. The molecule has 1 fully saturated rings. The van der Waals surface area contributed by atoms with Gasteiger partial charge in [-0.1, -0.05) is 177 Å². The molecule has 3 heteroatoms. The van der Waals surface area contributed by atoms with Crippen molar-refractivity contribution in [2.45, 2.75) is 38.0 Å². The fourth-order valence-electron chi connectivity index (χ4n) is 11.3. The van der Waals surface area contributed by atoms with E-state index in [4.69, 9.17) is 4.42 Å². The van der Waals surface area contributed by atoms with E-state index in [1.165, 1.54) is 81.4 Å². The zero-order valence-corrected chi connectivity index (χ0v) is 37.3. The number of aromatic nitrogens is 1. The smallest absolute Gasteiger partial charge is 0.135 e. The number of fused-ring (bicyclic) bond motifs is 7. The molecule has 0 N–H and O–H groups in total. The molecule has 1 aliphatic rings. The van der Waals surface area contributed by atoms with E-state index in [-0.39, 0.29) is 0 Å². The second-order valence-electron chi connectivity index (χ2n) is 18.2. The maximum atomic E-state index is 6.22. The first kappa shape index (κ1) is 39.2. The van der Waals surface area contributed by atoms with Crippen molar-refractivity contribution in [1.29, 1.82) is 0 Å². The fourth-order valence-corrected chi connectivity index (χ4v) is 11.3. The molecule has 0 amide bonds. The number of furan rings is 1. The summed E-state index contributed by atoms with van der Waals surface area (Å²) in [6.07, 6.45) is 6.42. The average Bonchev–Trinajstić information content (AvgIpc) is 3.94. The molecule has 67 heavy (non-hydrogen) atoms. The van der Waals surface area contributed by atoms with Gasteiger partial charge in [-0.25, -0.2) is 0 Å². The third kappa shape index (κ3) is 6.72. The van der Waals surface area contributed by atoms with Gasteiger partial charge in [-0.05, 0) is 124 Å². The van der Waals surface area contributed by atoms with E-state index < -0.39 is 0 Å². The molecule has 320 valence electrons. The molecule has 12 aromatic rings. The monoisotopic (exact) mass is 860 g/mol. The lowest BCUT2D eigenvalue weighted by molar-refractivity contribution is 0.445. The summed E-state index contributed by atoms with van der Waals surface area (Å²) < 4.78 is 8.63. The molecule has 0 saturated heterocycles. The van der Waals surface area contributed by atoms with Crippen LogP contribution in [0.5, 0.6) is 0 Å². The summed E-state index contributed by atoms with van der Waals surface area (Å²) in [7, 11) is 0. The molecule has 1 saturated carbocycles. The van der Waals surface area contributed by atoms with Crippen molar-refractivity contribution in [3.63, 3.8) is 0 Å². The van der Waals surface area contributed by atoms with Crippen LogP contribution < -0.4 is 4.90 Å². The van der Waals surface area contributed by atoms with Crippen LogP contribution in [-0.4, -0.2) is 4.57 Å². The summed E-state index contributed by atoms with van der Waals surface area (Å²) in [4.78, 5) is 2.50. The lowest BCUT2D eigenvalue weighted by Crippen LogP contribution is -2.12. The zero-order chi connectivity index (χ0) is 44.3. The second kappa shape index (κ2) is 16.4. The van der Waals surface area contributed by atoms with E-state index in [2.05, 4.69) is 222 Å². The van der Waals surface area contributed by atoms with E-state index in [1.807, 2.05) is 12.1 Å². The van der Waals surface area contributed by atoms with Crippen LogP contribution in [0.2, 0.25) is 0 Å². The number of anilines is 3. The highest BCUT2D eigenvalue weighted by Crippen LogP contribution is 2.48. The summed E-state index contributed by atoms with van der Waals surface area (Å²) in [5.74, 6) is 0.566. The van der Waals surface area contributed by atoms with Crippen LogP contribution in [0.1, 0.15) is 43.6 Å². The maximum Gasteiger partial charge on any atom is 0.135 e. The first-order valence-electron chi connectivity index (χ1n) is 23.9. The Kier molecular flexibility index (Phi) is 9.60. The first-order chi connectivity index (χ1) is 33.2. The summed E-state index contributed by atoms with van der Waals surface area (Å²) in [6.45, 7) is 0. The Balaban J connectivity index is 1.01. The zero-order valence-electron chi connectivity index (χ0n) is 37.3. The van der Waals surface area contributed by atoms with Gasteiger partial charge in [0.2, 0.25) is 0 Å². The van der Waals surface area contributed by atoms with E-state index in [0.717, 1.165) is 66.9 Å². The van der Waals surface area contributed by atoms with Crippen LogP contribution in [0.3, 0.4) is 0 Å². The van der Waals surface area contributed by atoms with Crippen molar-refractivity contribution in [3.8, 4) is 39.1 Å². The largest absolute Gasteiger partial charge is 0.456 e. The number of benzene rings is 10. The third-order valence-corrected chi connectivity index (χ3v) is 14.4. The standard InChI is InChI=1S/C64H48N2O/c1-3-17-44(18-4-1)51-27-15-19-45-20-16-28-56(64(45)51)53-25-9-13-31-60(53)65(49-37-33-43(34-38-49)46-36-40-63-57(41-46)55-26-10-14-32-62(55)67-63)58-29-11-7-23-50(58)47-35-39-54-52-24-8-12-30-59(52)66(61(54)42-47)48-21-5-2-6-22-48/h2,5-16,19-42,44H,1,3-4,17-18H2. The van der Waals surface area contributed by atoms with Crippen LogP contribution in [0, 0.1) is 0 Å². The van der Waals surface area contributed by atoms with Gasteiger partial charge in [0.25, 0.3) is 0 Å². The van der Waals surface area contributed by atoms with Crippen LogP contribution in [0.4, 0.5) is 17.1 Å². The molecule has 0 atom stereocenters. The highest BCUT2D eigenvalue weighted by molar-refractivity contribution is 6.11. The quantitative estimate of drug-likeness (QED) is 0.152. The highest BCUT2D eigenvalue weighted by Gasteiger charge is 2.25. The molecule has 1 aliphatic carbocycles. The molecule has 0 bridgehead atoms. The first-order valence-corrected chi connectivity index (χ1v) is 23.9.